The first-order valence-corrected chi connectivity index (χ1v) is 11.5. The molecule has 1 aliphatic heterocycles. The van der Waals surface area contributed by atoms with Gasteiger partial charge >= 0.3 is 0 Å². The molecule has 0 spiro atoms. The molecular formula is C26H32N4S. The molecule has 1 aromatic carbocycles. The Kier molecular flexibility index (Phi) is 5.89. The van der Waals surface area contributed by atoms with Crippen molar-refractivity contribution in [3.8, 4) is 0 Å². The van der Waals surface area contributed by atoms with E-state index in [2.05, 4.69) is 97.7 Å². The number of hydrogen-bond donors (Lipinski definition) is 1. The third-order valence-corrected chi connectivity index (χ3v) is 6.61. The van der Waals surface area contributed by atoms with Crippen molar-refractivity contribution in [3.63, 3.8) is 0 Å². The first-order chi connectivity index (χ1) is 14.8. The van der Waals surface area contributed by atoms with Crippen molar-refractivity contribution in [2.24, 2.45) is 0 Å². The summed E-state index contributed by atoms with van der Waals surface area (Å²) in [6, 6.07) is 17.6. The molecule has 0 saturated carbocycles. The van der Waals surface area contributed by atoms with Crippen LogP contribution >= 0.6 is 12.2 Å². The Labute approximate surface area is 191 Å². The largest absolute Gasteiger partial charge is 0.351 e. The molecule has 0 radical (unpaired) electrons. The summed E-state index contributed by atoms with van der Waals surface area (Å²) in [4.78, 5) is 6.94. The molecule has 5 heteroatoms. The maximum atomic E-state index is 5.88. The lowest BCUT2D eigenvalue weighted by molar-refractivity contribution is 0.547. The molecule has 1 N–H and O–H groups in total. The molecule has 31 heavy (non-hydrogen) atoms. The van der Waals surface area contributed by atoms with Gasteiger partial charge < -0.3 is 14.8 Å². The van der Waals surface area contributed by atoms with Crippen molar-refractivity contribution in [3.05, 3.63) is 82.9 Å². The molecule has 1 saturated heterocycles. The van der Waals surface area contributed by atoms with Gasteiger partial charge in [-0.15, -0.1) is 0 Å². The van der Waals surface area contributed by atoms with Crippen molar-refractivity contribution in [2.45, 2.75) is 65.6 Å². The van der Waals surface area contributed by atoms with E-state index in [1.165, 1.54) is 22.5 Å². The summed E-state index contributed by atoms with van der Waals surface area (Å²) in [5.74, 6) is 0.500. The number of pyridine rings is 1. The lowest BCUT2D eigenvalue weighted by Gasteiger charge is -2.28. The number of aromatic nitrogens is 2. The molecule has 2 atom stereocenters. The molecule has 4 rings (SSSR count). The summed E-state index contributed by atoms with van der Waals surface area (Å²) < 4.78 is 2.41. The zero-order valence-electron chi connectivity index (χ0n) is 19.3. The molecule has 2 unspecified atom stereocenters. The maximum Gasteiger partial charge on any atom is 0.174 e. The summed E-state index contributed by atoms with van der Waals surface area (Å²) in [5, 5.41) is 4.32. The SMILES string of the molecule is Cc1cc(C2C(c3ccccn3)NC(=S)N2c2ccc(C(C)C)cc2)c(C)n1C(C)C. The van der Waals surface area contributed by atoms with Crippen molar-refractivity contribution in [1.82, 2.24) is 14.9 Å². The molecule has 3 heterocycles. The molecule has 3 aromatic rings. The average Bonchev–Trinajstić information content (AvgIpc) is 3.24. The van der Waals surface area contributed by atoms with Gasteiger partial charge in [-0.1, -0.05) is 32.0 Å². The first kappa shape index (κ1) is 21.6. The Bertz CT molecular complexity index is 1070. The van der Waals surface area contributed by atoms with Gasteiger partial charge in [-0.05, 0) is 87.3 Å². The Morgan fingerprint density at radius 3 is 2.26 bits per heavy atom. The molecule has 0 bridgehead atoms. The van der Waals surface area contributed by atoms with Crippen LogP contribution in [0.25, 0.3) is 0 Å². The van der Waals surface area contributed by atoms with Gasteiger partial charge in [-0.3, -0.25) is 4.98 Å². The van der Waals surface area contributed by atoms with Crippen LogP contribution in [-0.2, 0) is 0 Å². The van der Waals surface area contributed by atoms with E-state index in [9.17, 15) is 0 Å². The summed E-state index contributed by atoms with van der Waals surface area (Å²) in [6.45, 7) is 13.3. The monoisotopic (exact) mass is 432 g/mol. The van der Waals surface area contributed by atoms with Gasteiger partial charge in [-0.2, -0.15) is 0 Å². The van der Waals surface area contributed by atoms with Crippen LogP contribution in [0.1, 0.15) is 79.9 Å². The fourth-order valence-corrected chi connectivity index (χ4v) is 5.21. The predicted molar refractivity (Wildman–Crippen MR) is 133 cm³/mol. The maximum absolute atomic E-state index is 5.88. The van der Waals surface area contributed by atoms with Crippen molar-refractivity contribution < 1.29 is 0 Å². The van der Waals surface area contributed by atoms with Crippen LogP contribution in [-0.4, -0.2) is 14.7 Å². The topological polar surface area (TPSA) is 33.1 Å². The lowest BCUT2D eigenvalue weighted by atomic mass is 9.96. The fraction of sp³-hybridized carbons (Fsp3) is 0.385. The van der Waals surface area contributed by atoms with Gasteiger partial charge in [0.05, 0.1) is 17.8 Å². The van der Waals surface area contributed by atoms with Crippen molar-refractivity contribution >= 4 is 23.0 Å². The number of aryl methyl sites for hydroxylation is 1. The smallest absolute Gasteiger partial charge is 0.174 e. The second kappa shape index (κ2) is 8.46. The Hall–Kier alpha value is -2.66. The van der Waals surface area contributed by atoms with E-state index in [0.717, 1.165) is 16.5 Å². The van der Waals surface area contributed by atoms with Crippen LogP contribution < -0.4 is 10.2 Å². The molecule has 1 fully saturated rings. The Morgan fingerprint density at radius 2 is 1.71 bits per heavy atom. The zero-order valence-corrected chi connectivity index (χ0v) is 20.1. The van der Waals surface area contributed by atoms with Gasteiger partial charge in [0.25, 0.3) is 0 Å². The number of hydrogen-bond acceptors (Lipinski definition) is 2. The molecule has 0 amide bonds. The highest BCUT2D eigenvalue weighted by Crippen LogP contribution is 2.43. The highest BCUT2D eigenvalue weighted by Gasteiger charge is 2.42. The third kappa shape index (κ3) is 3.87. The van der Waals surface area contributed by atoms with Crippen molar-refractivity contribution in [2.75, 3.05) is 4.90 Å². The van der Waals surface area contributed by atoms with E-state index in [1.54, 1.807) is 0 Å². The second-order valence-corrected chi connectivity index (χ2v) is 9.42. The highest BCUT2D eigenvalue weighted by molar-refractivity contribution is 7.80. The Balaban J connectivity index is 1.86. The van der Waals surface area contributed by atoms with E-state index in [0.29, 0.717) is 12.0 Å². The van der Waals surface area contributed by atoms with Crippen LogP contribution in [0.3, 0.4) is 0 Å². The molecule has 162 valence electrons. The van der Waals surface area contributed by atoms with E-state index in [1.807, 2.05) is 18.3 Å². The minimum absolute atomic E-state index is 0.0143. The van der Waals surface area contributed by atoms with E-state index >= 15 is 0 Å². The van der Waals surface area contributed by atoms with E-state index in [4.69, 9.17) is 12.2 Å². The average molecular weight is 433 g/mol. The molecule has 1 aliphatic rings. The van der Waals surface area contributed by atoms with E-state index in [-0.39, 0.29) is 12.1 Å². The molecular weight excluding hydrogens is 400 g/mol. The predicted octanol–water partition coefficient (Wildman–Crippen LogP) is 6.38. The van der Waals surface area contributed by atoms with Gasteiger partial charge in [0.1, 0.15) is 0 Å². The fourth-order valence-electron chi connectivity index (χ4n) is 4.87. The van der Waals surface area contributed by atoms with Gasteiger partial charge in [-0.25, -0.2) is 0 Å². The van der Waals surface area contributed by atoms with Crippen LogP contribution in [0.15, 0.2) is 54.7 Å². The normalized spacial score (nSPS) is 18.8. The third-order valence-electron chi connectivity index (χ3n) is 6.29. The first-order valence-electron chi connectivity index (χ1n) is 11.1. The molecule has 4 nitrogen and oxygen atoms in total. The standard InChI is InChI=1S/C26H32N4S/c1-16(2)20-10-12-21(13-11-20)30-25(22-15-18(5)29(17(3)4)19(22)6)24(28-26(30)31)23-9-7-8-14-27-23/h7-17,24-25H,1-6H3,(H,28,31). The van der Waals surface area contributed by atoms with Crippen LogP contribution in [0.4, 0.5) is 5.69 Å². The number of nitrogens with one attached hydrogen (secondary N) is 1. The summed E-state index contributed by atoms with van der Waals surface area (Å²) in [6.07, 6.45) is 1.86. The number of nitrogens with zero attached hydrogens (tertiary/aromatic N) is 3. The van der Waals surface area contributed by atoms with Gasteiger partial charge in [0.15, 0.2) is 5.11 Å². The molecule has 2 aromatic heterocycles. The number of anilines is 1. The van der Waals surface area contributed by atoms with Gasteiger partial charge in [0, 0.05) is 29.3 Å². The summed E-state index contributed by atoms with van der Waals surface area (Å²) in [5.41, 5.74) is 7.30. The zero-order chi connectivity index (χ0) is 22.3. The van der Waals surface area contributed by atoms with Crippen molar-refractivity contribution in [1.29, 1.82) is 0 Å². The second-order valence-electron chi connectivity index (χ2n) is 9.03. The minimum Gasteiger partial charge on any atom is -0.351 e. The highest BCUT2D eigenvalue weighted by atomic mass is 32.1. The minimum atomic E-state index is -0.0143. The van der Waals surface area contributed by atoms with Crippen LogP contribution in [0, 0.1) is 13.8 Å². The summed E-state index contributed by atoms with van der Waals surface area (Å²) in [7, 11) is 0. The van der Waals surface area contributed by atoms with E-state index < -0.39 is 0 Å². The number of thiocarbonyl (C=S) groups is 1. The Morgan fingerprint density at radius 1 is 1.00 bits per heavy atom. The van der Waals surface area contributed by atoms with Crippen LogP contribution in [0.5, 0.6) is 0 Å². The quantitative estimate of drug-likeness (QED) is 0.474. The molecule has 0 aliphatic carbocycles. The number of benzene rings is 1. The lowest BCUT2D eigenvalue weighted by Crippen LogP contribution is -2.29. The summed E-state index contributed by atoms with van der Waals surface area (Å²) >= 11 is 5.88. The van der Waals surface area contributed by atoms with Gasteiger partial charge in [0.2, 0.25) is 0 Å². The number of rotatable bonds is 5. The van der Waals surface area contributed by atoms with Crippen LogP contribution in [0.2, 0.25) is 0 Å².